The summed E-state index contributed by atoms with van der Waals surface area (Å²) in [5.41, 5.74) is 3.37. The molecule has 6 heteroatoms. The van der Waals surface area contributed by atoms with Gasteiger partial charge < -0.3 is 15.5 Å². The van der Waals surface area contributed by atoms with Crippen molar-refractivity contribution in [3.05, 3.63) is 51.7 Å². The molecular weight excluding hydrogens is 370 g/mol. The first-order chi connectivity index (χ1) is 13.7. The van der Waals surface area contributed by atoms with Gasteiger partial charge in [0.1, 0.15) is 6.04 Å². The van der Waals surface area contributed by atoms with Crippen LogP contribution in [-0.2, 0) is 22.4 Å². The number of rotatable bonds is 7. The molecule has 148 valence electrons. The van der Waals surface area contributed by atoms with Crippen molar-refractivity contribution in [1.82, 2.24) is 5.32 Å². The van der Waals surface area contributed by atoms with Gasteiger partial charge in [-0.25, -0.2) is 0 Å². The van der Waals surface area contributed by atoms with E-state index in [4.69, 9.17) is 0 Å². The van der Waals surface area contributed by atoms with Crippen LogP contribution in [0.5, 0.6) is 0 Å². The number of quaternary nitrogens is 1. The predicted molar refractivity (Wildman–Crippen MR) is 112 cm³/mol. The van der Waals surface area contributed by atoms with E-state index in [1.807, 2.05) is 35.6 Å². The molecule has 2 aromatic rings. The van der Waals surface area contributed by atoms with E-state index in [2.05, 4.69) is 29.0 Å². The van der Waals surface area contributed by atoms with Gasteiger partial charge in [-0.2, -0.15) is 0 Å². The lowest BCUT2D eigenvalue weighted by Gasteiger charge is -2.32. The normalized spacial score (nSPS) is 21.0. The zero-order valence-corrected chi connectivity index (χ0v) is 17.1. The van der Waals surface area contributed by atoms with Crippen molar-refractivity contribution < 1.29 is 14.5 Å². The summed E-state index contributed by atoms with van der Waals surface area (Å²) in [5, 5.41) is 7.91. The van der Waals surface area contributed by atoms with Crippen molar-refractivity contribution in [3.8, 4) is 0 Å². The van der Waals surface area contributed by atoms with Gasteiger partial charge in [0.25, 0.3) is 5.91 Å². The highest BCUT2D eigenvalue weighted by Gasteiger charge is 2.43. The number of hydrogen-bond acceptors (Lipinski definition) is 3. The molecule has 2 atom stereocenters. The molecule has 0 bridgehead atoms. The number of para-hydroxylation sites is 1. The average Bonchev–Trinajstić information content (AvgIpc) is 3.42. The summed E-state index contributed by atoms with van der Waals surface area (Å²) in [7, 11) is 0. The zero-order valence-electron chi connectivity index (χ0n) is 16.3. The Morgan fingerprint density at radius 1 is 1.18 bits per heavy atom. The van der Waals surface area contributed by atoms with E-state index in [1.54, 1.807) is 0 Å². The summed E-state index contributed by atoms with van der Waals surface area (Å²) in [6.07, 6.45) is 4.44. The van der Waals surface area contributed by atoms with Gasteiger partial charge in [-0.3, -0.25) is 9.59 Å². The number of benzene rings is 1. The average molecular weight is 399 g/mol. The van der Waals surface area contributed by atoms with Gasteiger partial charge in [-0.05, 0) is 42.3 Å². The van der Waals surface area contributed by atoms with Crippen LogP contribution in [0.2, 0.25) is 0 Å². The molecule has 1 saturated carbocycles. The Morgan fingerprint density at radius 2 is 2.00 bits per heavy atom. The highest BCUT2D eigenvalue weighted by molar-refractivity contribution is 7.10. The van der Waals surface area contributed by atoms with Gasteiger partial charge in [0.2, 0.25) is 5.91 Å². The largest absolute Gasteiger partial charge is 0.342 e. The Hall–Kier alpha value is -2.18. The molecule has 2 amide bonds. The van der Waals surface area contributed by atoms with Crippen LogP contribution >= 0.6 is 11.3 Å². The summed E-state index contributed by atoms with van der Waals surface area (Å²) in [4.78, 5) is 27.6. The van der Waals surface area contributed by atoms with Crippen LogP contribution in [0.3, 0.4) is 0 Å². The first kappa shape index (κ1) is 19.2. The Morgan fingerprint density at radius 3 is 2.79 bits per heavy atom. The van der Waals surface area contributed by atoms with Crippen LogP contribution in [0.15, 0.2) is 35.7 Å². The van der Waals surface area contributed by atoms with Crippen molar-refractivity contribution in [1.29, 1.82) is 0 Å². The number of nitrogens with one attached hydrogen (secondary N) is 3. The summed E-state index contributed by atoms with van der Waals surface area (Å²) in [5.74, 6) is 0.491. The first-order valence-corrected chi connectivity index (χ1v) is 11.1. The third-order valence-corrected chi connectivity index (χ3v) is 6.82. The van der Waals surface area contributed by atoms with Crippen molar-refractivity contribution in [2.75, 3.05) is 25.0 Å². The Labute approximate surface area is 170 Å². The number of carbonyl (C=O) groups excluding carboxylic acids is 2. The third-order valence-electron chi connectivity index (χ3n) is 5.83. The highest BCUT2D eigenvalue weighted by atomic mass is 32.1. The molecule has 3 N–H and O–H groups in total. The summed E-state index contributed by atoms with van der Waals surface area (Å²) in [6, 6.07) is 10.5. The number of hydrogen-bond donors (Lipinski definition) is 3. The van der Waals surface area contributed by atoms with E-state index in [0.29, 0.717) is 18.5 Å². The number of carbonyl (C=O) groups is 2. The zero-order chi connectivity index (χ0) is 19.5. The molecule has 2 aliphatic rings. The second-order valence-electron chi connectivity index (χ2n) is 7.78. The minimum Gasteiger partial charge on any atom is -0.342 e. The molecule has 0 radical (unpaired) electrons. The molecule has 1 aliphatic heterocycles. The number of anilines is 1. The van der Waals surface area contributed by atoms with Gasteiger partial charge in [-0.15, -0.1) is 11.3 Å². The summed E-state index contributed by atoms with van der Waals surface area (Å²) in [6.45, 7) is 3.51. The molecule has 0 spiro atoms. The van der Waals surface area contributed by atoms with Crippen molar-refractivity contribution in [2.45, 2.75) is 38.6 Å². The molecule has 1 aliphatic carbocycles. The van der Waals surface area contributed by atoms with Crippen LogP contribution < -0.4 is 15.5 Å². The SMILES string of the molecule is CCc1ccccc1NC(=O)CNC(=O)C[NH+]1CCc2sccc2[C@@H]1C1CC1. The molecule has 28 heavy (non-hydrogen) atoms. The lowest BCUT2D eigenvalue weighted by molar-refractivity contribution is -0.928. The molecule has 0 saturated heterocycles. The highest BCUT2D eigenvalue weighted by Crippen LogP contribution is 2.42. The molecule has 2 heterocycles. The van der Waals surface area contributed by atoms with Gasteiger partial charge in [0.05, 0.1) is 13.1 Å². The van der Waals surface area contributed by atoms with E-state index < -0.39 is 0 Å². The number of fused-ring (bicyclic) bond motifs is 1. The number of thiophene rings is 1. The van der Waals surface area contributed by atoms with E-state index in [9.17, 15) is 9.59 Å². The maximum Gasteiger partial charge on any atom is 0.275 e. The molecule has 1 aromatic carbocycles. The van der Waals surface area contributed by atoms with Crippen LogP contribution in [0, 0.1) is 5.92 Å². The maximum atomic E-state index is 12.5. The van der Waals surface area contributed by atoms with Crippen molar-refractivity contribution in [3.63, 3.8) is 0 Å². The molecule has 1 aromatic heterocycles. The van der Waals surface area contributed by atoms with Crippen LogP contribution in [-0.4, -0.2) is 31.4 Å². The molecular formula is C22H28N3O2S+. The summed E-state index contributed by atoms with van der Waals surface area (Å²) >= 11 is 1.85. The predicted octanol–water partition coefficient (Wildman–Crippen LogP) is 1.96. The lowest BCUT2D eigenvalue weighted by atomic mass is 9.96. The summed E-state index contributed by atoms with van der Waals surface area (Å²) < 4.78 is 0. The van der Waals surface area contributed by atoms with E-state index in [0.717, 1.165) is 30.6 Å². The van der Waals surface area contributed by atoms with E-state index in [1.165, 1.54) is 28.2 Å². The van der Waals surface area contributed by atoms with E-state index in [-0.39, 0.29) is 18.4 Å². The monoisotopic (exact) mass is 398 g/mol. The maximum absolute atomic E-state index is 12.5. The Balaban J connectivity index is 1.30. The quantitative estimate of drug-likeness (QED) is 0.668. The second kappa shape index (κ2) is 8.45. The fraction of sp³-hybridized carbons (Fsp3) is 0.455. The minimum atomic E-state index is -0.179. The van der Waals surface area contributed by atoms with Crippen molar-refractivity contribution >= 4 is 28.8 Å². The van der Waals surface area contributed by atoms with Crippen LogP contribution in [0.4, 0.5) is 5.69 Å². The first-order valence-electron chi connectivity index (χ1n) is 10.2. The smallest absolute Gasteiger partial charge is 0.275 e. The molecule has 4 rings (SSSR count). The van der Waals surface area contributed by atoms with E-state index >= 15 is 0 Å². The standard InChI is InChI=1S/C22H27N3O2S/c1-2-15-5-3-4-6-18(15)24-20(26)13-23-21(27)14-25-11-9-19-17(10-12-28-19)22(25)16-7-8-16/h3-6,10,12,16,22H,2,7-9,11,13-14H2,1H3,(H,23,27)(H,24,26)/p+1/t22-/m0/s1. The number of aryl methyl sites for hydroxylation is 1. The number of amides is 2. The van der Waals surface area contributed by atoms with Gasteiger partial charge in [-0.1, -0.05) is 25.1 Å². The van der Waals surface area contributed by atoms with Gasteiger partial charge in [0, 0.05) is 28.5 Å². The van der Waals surface area contributed by atoms with Gasteiger partial charge in [0.15, 0.2) is 6.54 Å². The van der Waals surface area contributed by atoms with Crippen molar-refractivity contribution in [2.24, 2.45) is 5.92 Å². The Bertz CT molecular complexity index is 859. The second-order valence-corrected chi connectivity index (χ2v) is 8.79. The topological polar surface area (TPSA) is 62.6 Å². The van der Waals surface area contributed by atoms with Crippen LogP contribution in [0.25, 0.3) is 0 Å². The van der Waals surface area contributed by atoms with Crippen LogP contribution in [0.1, 0.15) is 41.8 Å². The fourth-order valence-electron chi connectivity index (χ4n) is 4.29. The molecule has 5 nitrogen and oxygen atoms in total. The third kappa shape index (κ3) is 4.28. The molecule has 1 fully saturated rings. The fourth-order valence-corrected chi connectivity index (χ4v) is 5.22. The molecule has 1 unspecified atom stereocenters. The minimum absolute atomic E-state index is 0.0158. The Kier molecular flexibility index (Phi) is 5.78. The van der Waals surface area contributed by atoms with Gasteiger partial charge >= 0.3 is 0 Å². The lowest BCUT2D eigenvalue weighted by Crippen LogP contribution is -3.14.